The van der Waals surface area contributed by atoms with Crippen molar-refractivity contribution < 1.29 is 9.47 Å². The van der Waals surface area contributed by atoms with Gasteiger partial charge in [0.2, 0.25) is 0 Å². The summed E-state index contributed by atoms with van der Waals surface area (Å²) in [6.45, 7) is 1.29. The van der Waals surface area contributed by atoms with Gasteiger partial charge < -0.3 is 15.2 Å². The minimum Gasteiger partial charge on any atom is -0.486 e. The molecular formula is C13H17NO2S. The van der Waals surface area contributed by atoms with Crippen LogP contribution in [0.2, 0.25) is 0 Å². The Labute approximate surface area is 106 Å². The lowest BCUT2D eigenvalue weighted by Crippen LogP contribution is -2.24. The van der Waals surface area contributed by atoms with Crippen LogP contribution in [-0.4, -0.2) is 25.0 Å². The van der Waals surface area contributed by atoms with Gasteiger partial charge in [0.15, 0.2) is 11.5 Å². The molecule has 3 nitrogen and oxygen atoms in total. The number of fused-ring (bicyclic) bond motifs is 1. The van der Waals surface area contributed by atoms with E-state index in [1.807, 2.05) is 17.8 Å². The zero-order chi connectivity index (χ0) is 11.7. The van der Waals surface area contributed by atoms with Crippen LogP contribution in [0.3, 0.4) is 0 Å². The third kappa shape index (κ3) is 2.69. The molecule has 1 saturated carbocycles. The van der Waals surface area contributed by atoms with Crippen LogP contribution in [-0.2, 0) is 0 Å². The molecule has 1 atom stereocenters. The average Bonchev–Trinajstić information content (AvgIpc) is 3.20. The van der Waals surface area contributed by atoms with E-state index in [2.05, 4.69) is 12.1 Å². The van der Waals surface area contributed by atoms with Gasteiger partial charge in [0.1, 0.15) is 13.2 Å². The van der Waals surface area contributed by atoms with E-state index in [9.17, 15) is 0 Å². The van der Waals surface area contributed by atoms with E-state index in [1.165, 1.54) is 17.7 Å². The molecule has 1 aliphatic carbocycles. The summed E-state index contributed by atoms with van der Waals surface area (Å²) < 4.78 is 11.1. The molecule has 1 heterocycles. The van der Waals surface area contributed by atoms with Crippen molar-refractivity contribution in [1.29, 1.82) is 0 Å². The lowest BCUT2D eigenvalue weighted by atomic mass is 10.2. The molecule has 17 heavy (non-hydrogen) atoms. The molecule has 1 aromatic rings. The number of rotatable bonds is 4. The third-order valence-corrected chi connectivity index (χ3v) is 4.32. The van der Waals surface area contributed by atoms with Crippen LogP contribution in [0, 0.1) is 5.92 Å². The van der Waals surface area contributed by atoms with E-state index in [-0.39, 0.29) is 0 Å². The Bertz CT molecular complexity index is 406. The summed E-state index contributed by atoms with van der Waals surface area (Å²) in [7, 11) is 0. The van der Waals surface area contributed by atoms with E-state index < -0.39 is 0 Å². The van der Waals surface area contributed by atoms with Gasteiger partial charge in [0.25, 0.3) is 0 Å². The molecule has 1 aromatic carbocycles. The Balaban J connectivity index is 1.62. The first-order valence-corrected chi connectivity index (χ1v) is 7.09. The summed E-state index contributed by atoms with van der Waals surface area (Å²) >= 11 is 1.81. The molecule has 2 N–H and O–H groups in total. The summed E-state index contributed by atoms with van der Waals surface area (Å²) in [4.78, 5) is 1.21. The van der Waals surface area contributed by atoms with Gasteiger partial charge in [-0.2, -0.15) is 0 Å². The van der Waals surface area contributed by atoms with Gasteiger partial charge in [-0.05, 0) is 37.0 Å². The van der Waals surface area contributed by atoms with Crippen molar-refractivity contribution in [2.45, 2.75) is 23.8 Å². The molecule has 0 amide bonds. The summed E-state index contributed by atoms with van der Waals surface area (Å²) in [6, 6.07) is 6.46. The van der Waals surface area contributed by atoms with Gasteiger partial charge in [-0.15, -0.1) is 11.8 Å². The molecule has 0 aromatic heterocycles. The second-order valence-corrected chi connectivity index (χ2v) is 5.71. The van der Waals surface area contributed by atoms with Crippen molar-refractivity contribution in [2.24, 2.45) is 11.7 Å². The van der Waals surface area contributed by atoms with E-state index in [4.69, 9.17) is 15.2 Å². The zero-order valence-electron chi connectivity index (χ0n) is 9.72. The van der Waals surface area contributed by atoms with Crippen LogP contribution in [0.5, 0.6) is 11.5 Å². The fourth-order valence-corrected chi connectivity index (χ4v) is 2.98. The first-order valence-electron chi connectivity index (χ1n) is 6.11. The lowest BCUT2D eigenvalue weighted by molar-refractivity contribution is 0.171. The molecule has 2 aliphatic rings. The molecule has 0 spiro atoms. The standard InChI is InChI=1S/C13H17NO2S/c14-11(9-1-2-9)8-17-10-3-4-12-13(7-10)16-6-5-15-12/h3-4,7,9,11H,1-2,5-6,8,14H2. The smallest absolute Gasteiger partial charge is 0.162 e. The van der Waals surface area contributed by atoms with Gasteiger partial charge in [0.05, 0.1) is 0 Å². The third-order valence-electron chi connectivity index (χ3n) is 3.18. The molecule has 92 valence electrons. The summed E-state index contributed by atoms with van der Waals surface area (Å²) in [6.07, 6.45) is 2.62. The van der Waals surface area contributed by atoms with E-state index >= 15 is 0 Å². The molecule has 3 rings (SSSR count). The Kier molecular flexibility index (Phi) is 3.16. The molecule has 1 aliphatic heterocycles. The highest BCUT2D eigenvalue weighted by atomic mass is 32.2. The summed E-state index contributed by atoms with van der Waals surface area (Å²) in [5, 5.41) is 0. The van der Waals surface area contributed by atoms with Gasteiger partial charge in [-0.3, -0.25) is 0 Å². The zero-order valence-corrected chi connectivity index (χ0v) is 10.5. The van der Waals surface area contributed by atoms with Crippen LogP contribution in [0.15, 0.2) is 23.1 Å². The molecule has 0 saturated heterocycles. The van der Waals surface area contributed by atoms with Crippen LogP contribution in [0.4, 0.5) is 0 Å². The fraction of sp³-hybridized carbons (Fsp3) is 0.538. The molecular weight excluding hydrogens is 234 g/mol. The van der Waals surface area contributed by atoms with Crippen molar-refractivity contribution in [3.63, 3.8) is 0 Å². The van der Waals surface area contributed by atoms with Crippen LogP contribution < -0.4 is 15.2 Å². The quantitative estimate of drug-likeness (QED) is 0.834. The Morgan fingerprint density at radius 3 is 2.76 bits per heavy atom. The van der Waals surface area contributed by atoms with Crippen molar-refractivity contribution in [3.8, 4) is 11.5 Å². The molecule has 1 fully saturated rings. The van der Waals surface area contributed by atoms with Crippen LogP contribution >= 0.6 is 11.8 Å². The number of hydrogen-bond acceptors (Lipinski definition) is 4. The van der Waals surface area contributed by atoms with Gasteiger partial charge in [-0.1, -0.05) is 0 Å². The number of thioether (sulfide) groups is 1. The molecule has 0 radical (unpaired) electrons. The molecule has 0 bridgehead atoms. The highest BCUT2D eigenvalue weighted by Crippen LogP contribution is 2.37. The first kappa shape index (κ1) is 11.2. The SMILES string of the molecule is NC(CSc1ccc2c(c1)OCCO2)C1CC1. The topological polar surface area (TPSA) is 44.5 Å². The Hall–Kier alpha value is -0.870. The largest absolute Gasteiger partial charge is 0.486 e. The molecule has 4 heteroatoms. The number of benzene rings is 1. The highest BCUT2D eigenvalue weighted by molar-refractivity contribution is 7.99. The second-order valence-electron chi connectivity index (χ2n) is 4.62. The number of ether oxygens (including phenoxy) is 2. The predicted octanol–water partition coefficient (Wildman–Crippen LogP) is 2.29. The average molecular weight is 251 g/mol. The summed E-state index contributed by atoms with van der Waals surface area (Å²) in [5.41, 5.74) is 6.09. The lowest BCUT2D eigenvalue weighted by Gasteiger charge is -2.19. The highest BCUT2D eigenvalue weighted by Gasteiger charge is 2.28. The van der Waals surface area contributed by atoms with E-state index in [0.717, 1.165) is 23.2 Å². The maximum Gasteiger partial charge on any atom is 0.162 e. The van der Waals surface area contributed by atoms with Crippen molar-refractivity contribution in [1.82, 2.24) is 0 Å². The number of nitrogens with two attached hydrogens (primary N) is 1. The minimum atomic E-state index is 0.341. The fourth-order valence-electron chi connectivity index (χ4n) is 1.97. The van der Waals surface area contributed by atoms with Crippen molar-refractivity contribution in [3.05, 3.63) is 18.2 Å². The predicted molar refractivity (Wildman–Crippen MR) is 68.9 cm³/mol. The molecule has 1 unspecified atom stereocenters. The van der Waals surface area contributed by atoms with E-state index in [1.54, 1.807) is 0 Å². The van der Waals surface area contributed by atoms with E-state index in [0.29, 0.717) is 19.3 Å². The Morgan fingerprint density at radius 1 is 1.24 bits per heavy atom. The maximum atomic E-state index is 6.09. The minimum absolute atomic E-state index is 0.341. The van der Waals surface area contributed by atoms with Gasteiger partial charge >= 0.3 is 0 Å². The maximum absolute atomic E-state index is 6.09. The summed E-state index contributed by atoms with van der Waals surface area (Å²) in [5.74, 6) is 3.47. The van der Waals surface area contributed by atoms with Crippen molar-refractivity contribution >= 4 is 11.8 Å². The monoisotopic (exact) mass is 251 g/mol. The second kappa shape index (κ2) is 4.78. The Morgan fingerprint density at radius 2 is 2.00 bits per heavy atom. The van der Waals surface area contributed by atoms with Gasteiger partial charge in [0, 0.05) is 16.7 Å². The van der Waals surface area contributed by atoms with Crippen LogP contribution in [0.1, 0.15) is 12.8 Å². The van der Waals surface area contributed by atoms with Gasteiger partial charge in [-0.25, -0.2) is 0 Å². The van der Waals surface area contributed by atoms with Crippen LogP contribution in [0.25, 0.3) is 0 Å². The first-order chi connectivity index (χ1) is 8.33. The number of hydrogen-bond donors (Lipinski definition) is 1. The normalized spacial score (nSPS) is 20.1. The van der Waals surface area contributed by atoms with Crippen molar-refractivity contribution in [2.75, 3.05) is 19.0 Å².